The Morgan fingerprint density at radius 3 is 2.30 bits per heavy atom. The molecule has 9 atom stereocenters. The molecule has 0 aromatic rings. The van der Waals surface area contributed by atoms with Crippen molar-refractivity contribution < 1.29 is 10.2 Å². The Balaban J connectivity index is 1.54. The van der Waals surface area contributed by atoms with E-state index in [1.165, 1.54) is 44.9 Å². The van der Waals surface area contributed by atoms with Crippen molar-refractivity contribution in [3.8, 4) is 0 Å². The highest BCUT2D eigenvalue weighted by molar-refractivity contribution is 5.09. The van der Waals surface area contributed by atoms with Gasteiger partial charge in [0, 0.05) is 0 Å². The molecule has 4 aliphatic rings. The molecule has 2 N–H and O–H groups in total. The molecule has 0 aliphatic heterocycles. The molecule has 0 radical (unpaired) electrons. The lowest BCUT2D eigenvalue weighted by Crippen LogP contribution is -2.54. The van der Waals surface area contributed by atoms with Crippen LogP contribution in [0, 0.1) is 46.3 Å². The van der Waals surface area contributed by atoms with E-state index in [2.05, 4.69) is 20.8 Å². The van der Waals surface area contributed by atoms with Gasteiger partial charge in [-0.05, 0) is 124 Å². The molecule has 4 rings (SSSR count). The van der Waals surface area contributed by atoms with Crippen LogP contribution in [0.5, 0.6) is 0 Å². The van der Waals surface area contributed by atoms with Gasteiger partial charge in [-0.3, -0.25) is 0 Å². The van der Waals surface area contributed by atoms with E-state index in [1.807, 2.05) is 13.8 Å². The molecule has 0 spiro atoms. The van der Waals surface area contributed by atoms with Crippen LogP contribution in [0.1, 0.15) is 98.8 Å². The van der Waals surface area contributed by atoms with Crippen LogP contribution < -0.4 is 0 Å². The van der Waals surface area contributed by atoms with Gasteiger partial charge in [-0.2, -0.15) is 0 Å². The normalized spacial score (nSPS) is 51.2. The van der Waals surface area contributed by atoms with Crippen LogP contribution in [-0.4, -0.2) is 21.9 Å². The molecule has 2 heteroatoms. The van der Waals surface area contributed by atoms with E-state index in [0.29, 0.717) is 16.7 Å². The topological polar surface area (TPSA) is 40.5 Å². The summed E-state index contributed by atoms with van der Waals surface area (Å²) in [7, 11) is 0. The molecule has 0 aromatic heterocycles. The van der Waals surface area contributed by atoms with Gasteiger partial charge in [0.05, 0.1) is 11.7 Å². The third-order valence-electron chi connectivity index (χ3n) is 10.2. The van der Waals surface area contributed by atoms with Gasteiger partial charge in [0.25, 0.3) is 0 Å². The summed E-state index contributed by atoms with van der Waals surface area (Å²) in [5, 5.41) is 20.6. The predicted molar refractivity (Wildman–Crippen MR) is 111 cm³/mol. The van der Waals surface area contributed by atoms with E-state index in [9.17, 15) is 10.2 Å². The smallest absolute Gasteiger partial charge is 0.0594 e. The second-order valence-corrected chi connectivity index (χ2v) is 12.3. The monoisotopic (exact) mass is 376 g/mol. The van der Waals surface area contributed by atoms with Crippen LogP contribution in [-0.2, 0) is 0 Å². The lowest BCUT2D eigenvalue weighted by molar-refractivity contribution is -0.130. The van der Waals surface area contributed by atoms with E-state index >= 15 is 0 Å². The van der Waals surface area contributed by atoms with Gasteiger partial charge >= 0.3 is 0 Å². The van der Waals surface area contributed by atoms with Crippen molar-refractivity contribution in [2.75, 3.05) is 0 Å². The first-order chi connectivity index (χ1) is 12.5. The Labute approximate surface area is 167 Å². The van der Waals surface area contributed by atoms with E-state index < -0.39 is 5.60 Å². The first-order valence-corrected chi connectivity index (χ1v) is 11.9. The van der Waals surface area contributed by atoms with Gasteiger partial charge in [0.2, 0.25) is 0 Å². The van der Waals surface area contributed by atoms with Crippen LogP contribution in [0.15, 0.2) is 0 Å². The van der Waals surface area contributed by atoms with Crippen molar-refractivity contribution >= 4 is 0 Å². The average molecular weight is 377 g/mol. The van der Waals surface area contributed by atoms with Crippen LogP contribution in [0.25, 0.3) is 0 Å². The molecule has 0 heterocycles. The van der Waals surface area contributed by atoms with Gasteiger partial charge in [-0.25, -0.2) is 0 Å². The summed E-state index contributed by atoms with van der Waals surface area (Å²) in [5.74, 6) is 4.87. The lowest BCUT2D eigenvalue weighted by atomic mass is 9.44. The largest absolute Gasteiger partial charge is 0.393 e. The highest BCUT2D eigenvalue weighted by atomic mass is 16.3. The van der Waals surface area contributed by atoms with Gasteiger partial charge in [0.15, 0.2) is 0 Å². The Bertz CT molecular complexity index is 551. The minimum absolute atomic E-state index is 0.0352. The number of hydrogen-bond donors (Lipinski definition) is 2. The Kier molecular flexibility index (Phi) is 5.03. The minimum atomic E-state index is -0.542. The molecule has 4 fully saturated rings. The molecule has 0 bridgehead atoms. The van der Waals surface area contributed by atoms with Gasteiger partial charge in [-0.1, -0.05) is 20.8 Å². The van der Waals surface area contributed by atoms with Crippen molar-refractivity contribution in [2.24, 2.45) is 46.3 Å². The standard InChI is InChI=1S/C25H44O2/c1-16(15-23(2,3)27)20-8-9-21-19-7-6-17-14-18(26)10-12-24(17,4)22(19)11-13-25(20,21)5/h16-22,26-27H,6-15H2,1-5H3/t16-,17+,18+,19+,20-,21+,22+,24+,25-/m1/s1. The predicted octanol–water partition coefficient (Wildman–Crippen LogP) is 5.80. The third-order valence-corrected chi connectivity index (χ3v) is 10.2. The molecule has 27 heavy (non-hydrogen) atoms. The molecule has 156 valence electrons. The summed E-state index contributed by atoms with van der Waals surface area (Å²) in [4.78, 5) is 0. The maximum absolute atomic E-state index is 10.4. The Morgan fingerprint density at radius 1 is 0.926 bits per heavy atom. The zero-order valence-corrected chi connectivity index (χ0v) is 18.5. The highest BCUT2D eigenvalue weighted by Gasteiger charge is 2.60. The van der Waals surface area contributed by atoms with Crippen molar-refractivity contribution in [3.63, 3.8) is 0 Å². The van der Waals surface area contributed by atoms with Gasteiger partial charge < -0.3 is 10.2 Å². The van der Waals surface area contributed by atoms with Crippen LogP contribution in [0.3, 0.4) is 0 Å². The molecule has 4 aliphatic carbocycles. The summed E-state index contributed by atoms with van der Waals surface area (Å²) < 4.78 is 0. The third kappa shape index (κ3) is 3.31. The van der Waals surface area contributed by atoms with E-state index in [4.69, 9.17) is 0 Å². The molecular weight excluding hydrogens is 332 g/mol. The minimum Gasteiger partial charge on any atom is -0.393 e. The van der Waals surface area contributed by atoms with Crippen LogP contribution >= 0.6 is 0 Å². The summed E-state index contributed by atoms with van der Waals surface area (Å²) in [5.41, 5.74) is 0.434. The average Bonchev–Trinajstić information content (AvgIpc) is 2.91. The number of hydrogen-bond acceptors (Lipinski definition) is 2. The molecule has 0 saturated heterocycles. The fraction of sp³-hybridized carbons (Fsp3) is 1.00. The number of aliphatic hydroxyl groups excluding tert-OH is 1. The maximum Gasteiger partial charge on any atom is 0.0594 e. The summed E-state index contributed by atoms with van der Waals surface area (Å²) in [6, 6.07) is 0. The van der Waals surface area contributed by atoms with Crippen molar-refractivity contribution in [2.45, 2.75) is 111 Å². The second kappa shape index (κ2) is 6.73. The highest BCUT2D eigenvalue weighted by Crippen LogP contribution is 2.68. The molecular formula is C25H44O2. The first kappa shape index (κ1) is 20.2. The molecule has 0 aromatic carbocycles. The van der Waals surface area contributed by atoms with E-state index in [-0.39, 0.29) is 6.10 Å². The SMILES string of the molecule is C[C@H](CC(C)(C)O)[C@H]1CC[C@H]2[C@@H]3CC[C@H]4C[C@@H](O)CC[C@]4(C)[C@H]3CC[C@]12C. The summed E-state index contributed by atoms with van der Waals surface area (Å²) in [6.07, 6.45) is 12.6. The lowest BCUT2D eigenvalue weighted by Gasteiger charge is -2.61. The second-order valence-electron chi connectivity index (χ2n) is 12.3. The first-order valence-electron chi connectivity index (χ1n) is 11.9. The molecule has 2 nitrogen and oxygen atoms in total. The van der Waals surface area contributed by atoms with E-state index in [1.54, 1.807) is 0 Å². The fourth-order valence-electron chi connectivity index (χ4n) is 9.14. The van der Waals surface area contributed by atoms with Crippen molar-refractivity contribution in [1.82, 2.24) is 0 Å². The quantitative estimate of drug-likeness (QED) is 0.653. The van der Waals surface area contributed by atoms with Crippen LogP contribution in [0.4, 0.5) is 0 Å². The van der Waals surface area contributed by atoms with Gasteiger partial charge in [0.1, 0.15) is 0 Å². The number of rotatable bonds is 3. The molecule has 0 amide bonds. The van der Waals surface area contributed by atoms with E-state index in [0.717, 1.165) is 48.9 Å². The van der Waals surface area contributed by atoms with Crippen LogP contribution in [0.2, 0.25) is 0 Å². The van der Waals surface area contributed by atoms with Gasteiger partial charge in [-0.15, -0.1) is 0 Å². The Morgan fingerprint density at radius 2 is 1.59 bits per heavy atom. The van der Waals surface area contributed by atoms with Crippen molar-refractivity contribution in [1.29, 1.82) is 0 Å². The zero-order valence-electron chi connectivity index (χ0n) is 18.5. The fourth-order valence-corrected chi connectivity index (χ4v) is 9.14. The summed E-state index contributed by atoms with van der Waals surface area (Å²) >= 11 is 0. The summed E-state index contributed by atoms with van der Waals surface area (Å²) in [6.45, 7) is 11.6. The molecule has 4 saturated carbocycles. The zero-order chi connectivity index (χ0) is 19.6. The molecule has 0 unspecified atom stereocenters. The maximum atomic E-state index is 10.4. The Hall–Kier alpha value is -0.0800. The number of fused-ring (bicyclic) bond motifs is 5. The number of aliphatic hydroxyl groups is 2. The van der Waals surface area contributed by atoms with Crippen molar-refractivity contribution in [3.05, 3.63) is 0 Å².